The predicted octanol–water partition coefficient (Wildman–Crippen LogP) is 3.19. The van der Waals surface area contributed by atoms with Gasteiger partial charge >= 0.3 is 0 Å². The highest BCUT2D eigenvalue weighted by Gasteiger charge is 2.11. The van der Waals surface area contributed by atoms with Gasteiger partial charge in [-0.05, 0) is 29.2 Å². The fraction of sp³-hybridized carbons (Fsp3) is 0. The van der Waals surface area contributed by atoms with Crippen LogP contribution in [0.1, 0.15) is 0 Å². The van der Waals surface area contributed by atoms with Crippen molar-refractivity contribution in [2.24, 2.45) is 0 Å². The van der Waals surface area contributed by atoms with Gasteiger partial charge in [-0.25, -0.2) is 9.12 Å². The molecular weight excluding hydrogens is 255 g/mol. The normalized spacial score (nSPS) is 10.4. The van der Waals surface area contributed by atoms with Crippen molar-refractivity contribution in [1.29, 1.82) is 0 Å². The van der Waals surface area contributed by atoms with Crippen molar-refractivity contribution in [2.75, 3.05) is 0 Å². The summed E-state index contributed by atoms with van der Waals surface area (Å²) < 4.78 is 13.7. The molecule has 20 heavy (non-hydrogen) atoms. The number of nitrogens with zero attached hydrogens (tertiary/aromatic N) is 2. The lowest BCUT2D eigenvalue weighted by Gasteiger charge is -2.08. The molecule has 0 aliphatic heterocycles. The monoisotopic (exact) mass is 266 g/mol. The predicted molar refractivity (Wildman–Crippen MR) is 74.0 cm³/mol. The molecule has 0 saturated heterocycles. The van der Waals surface area contributed by atoms with Gasteiger partial charge in [-0.3, -0.25) is 0 Å². The number of rotatable bonds is 2. The Hall–Kier alpha value is -2.75. The van der Waals surface area contributed by atoms with Crippen LogP contribution in [-0.2, 0) is 0 Å². The van der Waals surface area contributed by atoms with Crippen molar-refractivity contribution in [3.63, 3.8) is 0 Å². The Morgan fingerprint density at radius 3 is 2.30 bits per heavy atom. The number of halogens is 1. The summed E-state index contributed by atoms with van der Waals surface area (Å²) in [6.45, 7) is 0. The largest absolute Gasteiger partial charge is 0.710 e. The number of hydrogen-bond acceptors (Lipinski definition) is 2. The minimum Gasteiger partial charge on any atom is -0.710 e. The van der Waals surface area contributed by atoms with E-state index in [1.807, 2.05) is 30.3 Å². The smallest absolute Gasteiger partial charge is 0.290 e. The third-order valence-corrected chi connectivity index (χ3v) is 3.02. The van der Waals surface area contributed by atoms with Gasteiger partial charge in [0, 0.05) is 17.2 Å². The molecule has 3 aromatic rings. The second-order valence-electron chi connectivity index (χ2n) is 4.36. The highest BCUT2D eigenvalue weighted by atomic mass is 19.1. The minimum absolute atomic E-state index is 0.299. The van der Waals surface area contributed by atoms with E-state index in [0.717, 1.165) is 15.9 Å². The van der Waals surface area contributed by atoms with Gasteiger partial charge in [-0.15, -0.1) is 0 Å². The van der Waals surface area contributed by atoms with Gasteiger partial charge in [0.05, 0.1) is 0 Å². The molecule has 4 heteroatoms. The van der Waals surface area contributed by atoms with Crippen LogP contribution in [0.15, 0.2) is 67.0 Å². The van der Waals surface area contributed by atoms with Crippen LogP contribution >= 0.6 is 0 Å². The first kappa shape index (κ1) is 12.3. The zero-order chi connectivity index (χ0) is 13.9. The van der Waals surface area contributed by atoms with E-state index in [9.17, 15) is 9.60 Å². The summed E-state index contributed by atoms with van der Waals surface area (Å²) in [5, 5.41) is 11.9. The van der Waals surface area contributed by atoms with Crippen LogP contribution < -0.4 is 4.73 Å². The molecule has 0 spiro atoms. The molecule has 0 saturated carbocycles. The molecule has 0 aliphatic carbocycles. The standard InChI is InChI=1S/C16H11FN2O/c17-14-8-6-12(7-9-14)15-10-16(19(20)11-18-15)13-4-2-1-3-5-13/h1-11H. The molecule has 0 atom stereocenters. The van der Waals surface area contributed by atoms with E-state index in [0.29, 0.717) is 11.4 Å². The van der Waals surface area contributed by atoms with Gasteiger partial charge in [0.15, 0.2) is 5.69 Å². The van der Waals surface area contributed by atoms with Crippen LogP contribution in [0.25, 0.3) is 22.5 Å². The Kier molecular flexibility index (Phi) is 3.13. The van der Waals surface area contributed by atoms with Crippen LogP contribution in [-0.4, -0.2) is 4.98 Å². The first-order valence-electron chi connectivity index (χ1n) is 6.14. The van der Waals surface area contributed by atoms with Crippen molar-refractivity contribution in [3.05, 3.63) is 78.0 Å². The van der Waals surface area contributed by atoms with Crippen molar-refractivity contribution < 1.29 is 9.12 Å². The van der Waals surface area contributed by atoms with Crippen LogP contribution in [0.4, 0.5) is 4.39 Å². The summed E-state index contributed by atoms with van der Waals surface area (Å²) >= 11 is 0. The second-order valence-corrected chi connectivity index (χ2v) is 4.36. The molecule has 98 valence electrons. The van der Waals surface area contributed by atoms with Gasteiger partial charge in [-0.2, -0.15) is 0 Å². The number of benzene rings is 2. The molecule has 3 rings (SSSR count). The lowest BCUT2D eigenvalue weighted by Crippen LogP contribution is -2.29. The van der Waals surface area contributed by atoms with Crippen molar-refractivity contribution in [2.45, 2.75) is 0 Å². The maximum atomic E-state index is 12.9. The van der Waals surface area contributed by atoms with E-state index in [4.69, 9.17) is 0 Å². The highest BCUT2D eigenvalue weighted by molar-refractivity contribution is 5.65. The average molecular weight is 266 g/mol. The summed E-state index contributed by atoms with van der Waals surface area (Å²) in [7, 11) is 0. The Morgan fingerprint density at radius 2 is 1.60 bits per heavy atom. The molecule has 0 fully saturated rings. The first-order valence-corrected chi connectivity index (χ1v) is 6.14. The molecule has 0 amide bonds. The Balaban J connectivity index is 2.09. The summed E-state index contributed by atoms with van der Waals surface area (Å²) in [4.78, 5) is 4.09. The van der Waals surface area contributed by atoms with E-state index in [1.165, 1.54) is 18.5 Å². The third kappa shape index (κ3) is 2.36. The maximum absolute atomic E-state index is 12.9. The highest BCUT2D eigenvalue weighted by Crippen LogP contribution is 2.21. The van der Waals surface area contributed by atoms with Crippen LogP contribution in [0.5, 0.6) is 0 Å². The fourth-order valence-corrected chi connectivity index (χ4v) is 2.01. The maximum Gasteiger partial charge on any atom is 0.290 e. The topological polar surface area (TPSA) is 39.8 Å². The second kappa shape index (κ2) is 5.09. The minimum atomic E-state index is -0.299. The van der Waals surface area contributed by atoms with E-state index >= 15 is 0 Å². The van der Waals surface area contributed by atoms with Crippen LogP contribution in [0.3, 0.4) is 0 Å². The van der Waals surface area contributed by atoms with Gasteiger partial charge in [-0.1, -0.05) is 30.3 Å². The Labute approximate surface area is 115 Å². The molecule has 1 aromatic heterocycles. The lowest BCUT2D eigenvalue weighted by molar-refractivity contribution is -0.597. The van der Waals surface area contributed by atoms with E-state index < -0.39 is 0 Å². The zero-order valence-electron chi connectivity index (χ0n) is 10.5. The van der Waals surface area contributed by atoms with E-state index in [2.05, 4.69) is 4.98 Å². The molecule has 0 radical (unpaired) electrons. The Bertz CT molecular complexity index is 727. The third-order valence-electron chi connectivity index (χ3n) is 3.02. The molecule has 0 unspecified atom stereocenters. The van der Waals surface area contributed by atoms with E-state index in [1.54, 1.807) is 18.2 Å². The summed E-state index contributed by atoms with van der Waals surface area (Å²) in [5.41, 5.74) is 2.73. The number of aromatic nitrogens is 2. The van der Waals surface area contributed by atoms with Crippen LogP contribution in [0, 0.1) is 11.0 Å². The molecule has 0 bridgehead atoms. The van der Waals surface area contributed by atoms with Crippen LogP contribution in [0.2, 0.25) is 0 Å². The van der Waals surface area contributed by atoms with Gasteiger partial charge in [0.25, 0.3) is 6.33 Å². The summed E-state index contributed by atoms with van der Waals surface area (Å²) in [6, 6.07) is 17.1. The fourth-order valence-electron chi connectivity index (χ4n) is 2.01. The lowest BCUT2D eigenvalue weighted by atomic mass is 10.1. The number of hydrogen-bond donors (Lipinski definition) is 0. The summed E-state index contributed by atoms with van der Waals surface area (Å²) in [6.07, 6.45) is 1.22. The first-order chi connectivity index (χ1) is 9.74. The van der Waals surface area contributed by atoms with Crippen molar-refractivity contribution in [1.82, 2.24) is 4.98 Å². The SMILES string of the molecule is [O-][n+]1cnc(-c2ccc(F)cc2)cc1-c1ccccc1. The molecule has 0 N–H and O–H groups in total. The van der Waals surface area contributed by atoms with E-state index in [-0.39, 0.29) is 5.82 Å². The molecular formula is C16H11FN2O. The van der Waals surface area contributed by atoms with Crippen molar-refractivity contribution >= 4 is 0 Å². The molecule has 1 heterocycles. The molecule has 0 aliphatic rings. The van der Waals surface area contributed by atoms with Crippen molar-refractivity contribution in [3.8, 4) is 22.5 Å². The molecule has 3 nitrogen and oxygen atoms in total. The average Bonchev–Trinajstić information content (AvgIpc) is 2.50. The van der Waals surface area contributed by atoms with Gasteiger partial charge < -0.3 is 5.21 Å². The molecule has 2 aromatic carbocycles. The van der Waals surface area contributed by atoms with Gasteiger partial charge in [0.2, 0.25) is 0 Å². The Morgan fingerprint density at radius 1 is 0.900 bits per heavy atom. The quantitative estimate of drug-likeness (QED) is 0.528. The zero-order valence-corrected chi connectivity index (χ0v) is 10.5. The summed E-state index contributed by atoms with van der Waals surface area (Å²) in [5.74, 6) is -0.299. The van der Waals surface area contributed by atoms with Gasteiger partial charge in [0.1, 0.15) is 11.5 Å².